The molecule has 2 unspecified atom stereocenters. The van der Waals surface area contributed by atoms with E-state index in [1.807, 2.05) is 43.0 Å². The molecule has 2 rings (SSSR count). The highest BCUT2D eigenvalue weighted by molar-refractivity contribution is 5.79. The summed E-state index contributed by atoms with van der Waals surface area (Å²) < 4.78 is 5.14. The number of benzene rings is 1. The maximum absolute atomic E-state index is 12.1. The molecule has 3 atom stereocenters. The van der Waals surface area contributed by atoms with E-state index in [0.717, 1.165) is 11.3 Å². The molecule has 1 aromatic carbocycles. The van der Waals surface area contributed by atoms with Crippen LogP contribution in [-0.4, -0.2) is 35.7 Å². The van der Waals surface area contributed by atoms with Crippen molar-refractivity contribution in [3.8, 4) is 5.75 Å². The van der Waals surface area contributed by atoms with Gasteiger partial charge in [0.1, 0.15) is 5.75 Å². The average Bonchev–Trinajstić information content (AvgIpc) is 2.87. The van der Waals surface area contributed by atoms with Gasteiger partial charge >= 0.3 is 0 Å². The Morgan fingerprint density at radius 2 is 2.05 bits per heavy atom. The van der Waals surface area contributed by atoms with Crippen LogP contribution in [0, 0.1) is 5.92 Å². The predicted molar refractivity (Wildman–Crippen MR) is 77.5 cm³/mol. The summed E-state index contributed by atoms with van der Waals surface area (Å²) in [7, 11) is 1.64. The minimum Gasteiger partial charge on any atom is -0.497 e. The Morgan fingerprint density at radius 1 is 1.40 bits per heavy atom. The van der Waals surface area contributed by atoms with E-state index >= 15 is 0 Å². The average molecular weight is 277 g/mol. The number of hydrogen-bond donors (Lipinski definition) is 1. The van der Waals surface area contributed by atoms with Gasteiger partial charge in [-0.2, -0.15) is 0 Å². The summed E-state index contributed by atoms with van der Waals surface area (Å²) in [5.41, 5.74) is 1.09. The molecule has 1 aliphatic rings. The van der Waals surface area contributed by atoms with Gasteiger partial charge in [0.15, 0.2) is 0 Å². The number of hydrogen-bond acceptors (Lipinski definition) is 3. The van der Waals surface area contributed by atoms with E-state index in [1.165, 1.54) is 0 Å². The number of ether oxygens (including phenoxy) is 1. The van der Waals surface area contributed by atoms with E-state index in [9.17, 15) is 9.90 Å². The first-order chi connectivity index (χ1) is 9.56. The number of nitrogens with zero attached hydrogens (tertiary/aromatic N) is 1. The van der Waals surface area contributed by atoms with E-state index in [0.29, 0.717) is 19.4 Å². The van der Waals surface area contributed by atoms with Crippen molar-refractivity contribution in [3.63, 3.8) is 0 Å². The van der Waals surface area contributed by atoms with Crippen LogP contribution in [0.1, 0.15) is 38.3 Å². The van der Waals surface area contributed by atoms with Crippen molar-refractivity contribution in [2.45, 2.75) is 38.8 Å². The second-order valence-corrected chi connectivity index (χ2v) is 5.44. The zero-order valence-electron chi connectivity index (χ0n) is 12.4. The van der Waals surface area contributed by atoms with Gasteiger partial charge in [-0.15, -0.1) is 0 Å². The van der Waals surface area contributed by atoms with Crippen molar-refractivity contribution < 1.29 is 14.6 Å². The molecule has 1 aliphatic heterocycles. The summed E-state index contributed by atoms with van der Waals surface area (Å²) in [5.74, 6) is 1.01. The highest BCUT2D eigenvalue weighted by Crippen LogP contribution is 2.31. The molecule has 0 spiro atoms. The second kappa shape index (κ2) is 6.27. The Bertz CT molecular complexity index is 457. The zero-order chi connectivity index (χ0) is 14.7. The van der Waals surface area contributed by atoms with Crippen LogP contribution in [0.4, 0.5) is 0 Å². The molecular formula is C16H23NO3. The van der Waals surface area contributed by atoms with Crippen LogP contribution in [0.5, 0.6) is 5.75 Å². The minimum atomic E-state index is -0.382. The normalized spacial score (nSPS) is 21.9. The van der Waals surface area contributed by atoms with E-state index in [1.54, 1.807) is 7.11 Å². The Hall–Kier alpha value is -1.55. The van der Waals surface area contributed by atoms with Gasteiger partial charge in [-0.05, 0) is 31.0 Å². The third-order valence-corrected chi connectivity index (χ3v) is 4.22. The maximum atomic E-state index is 12.1. The first kappa shape index (κ1) is 14.9. The fourth-order valence-electron chi connectivity index (χ4n) is 2.79. The summed E-state index contributed by atoms with van der Waals surface area (Å²) in [4.78, 5) is 14.0. The van der Waals surface area contributed by atoms with Gasteiger partial charge < -0.3 is 14.7 Å². The fraction of sp³-hybridized carbons (Fsp3) is 0.562. The Labute approximate surface area is 120 Å². The number of likely N-dealkylation sites (tertiary alicyclic amines) is 1. The number of aliphatic hydroxyl groups is 1. The topological polar surface area (TPSA) is 49.8 Å². The van der Waals surface area contributed by atoms with Crippen molar-refractivity contribution in [3.05, 3.63) is 29.8 Å². The first-order valence-electron chi connectivity index (χ1n) is 7.18. The lowest BCUT2D eigenvalue weighted by Crippen LogP contribution is -2.30. The van der Waals surface area contributed by atoms with Crippen molar-refractivity contribution in [1.82, 2.24) is 4.90 Å². The smallest absolute Gasteiger partial charge is 0.223 e. The van der Waals surface area contributed by atoms with E-state index in [4.69, 9.17) is 4.74 Å². The molecule has 0 aliphatic carbocycles. The van der Waals surface area contributed by atoms with Crippen LogP contribution >= 0.6 is 0 Å². The predicted octanol–water partition coefficient (Wildman–Crippen LogP) is 2.38. The number of amides is 1. The number of rotatable bonds is 5. The Balaban J connectivity index is 2.08. The fourth-order valence-corrected chi connectivity index (χ4v) is 2.79. The van der Waals surface area contributed by atoms with Crippen molar-refractivity contribution in [2.75, 3.05) is 13.7 Å². The molecule has 4 nitrogen and oxygen atoms in total. The summed E-state index contributed by atoms with van der Waals surface area (Å²) in [6.45, 7) is 4.62. The molecule has 0 aromatic heterocycles. The Morgan fingerprint density at radius 3 is 2.60 bits per heavy atom. The molecule has 1 saturated heterocycles. The van der Waals surface area contributed by atoms with Crippen LogP contribution in [0.15, 0.2) is 24.3 Å². The van der Waals surface area contributed by atoms with Gasteiger partial charge in [0.25, 0.3) is 0 Å². The molecule has 0 saturated carbocycles. The zero-order valence-corrected chi connectivity index (χ0v) is 12.4. The van der Waals surface area contributed by atoms with E-state index in [-0.39, 0.29) is 24.0 Å². The summed E-state index contributed by atoms with van der Waals surface area (Å²) in [6, 6.07) is 7.82. The molecule has 0 bridgehead atoms. The highest BCUT2D eigenvalue weighted by atomic mass is 16.5. The third kappa shape index (κ3) is 2.96. The third-order valence-electron chi connectivity index (χ3n) is 4.22. The SMILES string of the molecule is CCC(O)[C@@H]1CC(=O)N(C(C)c2ccc(OC)cc2)C1. The van der Waals surface area contributed by atoms with E-state index in [2.05, 4.69) is 0 Å². The molecule has 1 aromatic rings. The summed E-state index contributed by atoms with van der Waals surface area (Å²) in [5, 5.41) is 9.92. The lowest BCUT2D eigenvalue weighted by Gasteiger charge is -2.26. The lowest BCUT2D eigenvalue weighted by molar-refractivity contribution is -0.129. The lowest BCUT2D eigenvalue weighted by atomic mass is 9.99. The van der Waals surface area contributed by atoms with Crippen molar-refractivity contribution in [2.24, 2.45) is 5.92 Å². The van der Waals surface area contributed by atoms with Crippen LogP contribution in [0.3, 0.4) is 0 Å². The van der Waals surface area contributed by atoms with Crippen LogP contribution in [-0.2, 0) is 4.79 Å². The monoisotopic (exact) mass is 277 g/mol. The summed E-state index contributed by atoms with van der Waals surface area (Å²) in [6.07, 6.45) is 0.769. The Kier molecular flexibility index (Phi) is 4.65. The maximum Gasteiger partial charge on any atom is 0.223 e. The van der Waals surface area contributed by atoms with Crippen LogP contribution in [0.25, 0.3) is 0 Å². The standard InChI is InChI=1S/C16H23NO3/c1-4-15(18)13-9-16(19)17(10-13)11(2)12-5-7-14(20-3)8-6-12/h5-8,11,13,15,18H,4,9-10H2,1-3H3/t11?,13-,15?/m1/s1. The number of aliphatic hydroxyl groups excluding tert-OH is 1. The molecule has 1 heterocycles. The van der Waals surface area contributed by atoms with Crippen LogP contribution in [0.2, 0.25) is 0 Å². The van der Waals surface area contributed by atoms with Crippen molar-refractivity contribution in [1.29, 1.82) is 0 Å². The van der Waals surface area contributed by atoms with Gasteiger partial charge in [0, 0.05) is 18.9 Å². The molecule has 20 heavy (non-hydrogen) atoms. The van der Waals surface area contributed by atoms with Gasteiger partial charge in [0.05, 0.1) is 19.3 Å². The molecule has 1 fully saturated rings. The summed E-state index contributed by atoms with van der Waals surface area (Å²) >= 11 is 0. The minimum absolute atomic E-state index is 0.0301. The molecular weight excluding hydrogens is 254 g/mol. The number of carbonyl (C=O) groups excluding carboxylic acids is 1. The van der Waals surface area contributed by atoms with Crippen molar-refractivity contribution >= 4 is 5.91 Å². The van der Waals surface area contributed by atoms with Gasteiger partial charge in [-0.25, -0.2) is 0 Å². The van der Waals surface area contributed by atoms with Gasteiger partial charge in [0.2, 0.25) is 5.91 Å². The first-order valence-corrected chi connectivity index (χ1v) is 7.18. The largest absolute Gasteiger partial charge is 0.497 e. The van der Waals surface area contributed by atoms with Crippen LogP contribution < -0.4 is 4.74 Å². The van der Waals surface area contributed by atoms with Gasteiger partial charge in [-0.1, -0.05) is 19.1 Å². The molecule has 1 N–H and O–H groups in total. The molecule has 0 radical (unpaired) electrons. The second-order valence-electron chi connectivity index (χ2n) is 5.44. The number of methoxy groups -OCH3 is 1. The highest BCUT2D eigenvalue weighted by Gasteiger charge is 2.36. The quantitative estimate of drug-likeness (QED) is 0.899. The molecule has 4 heteroatoms. The molecule has 1 amide bonds. The number of carbonyl (C=O) groups is 1. The van der Waals surface area contributed by atoms with Gasteiger partial charge in [-0.3, -0.25) is 4.79 Å². The molecule has 110 valence electrons. The van der Waals surface area contributed by atoms with E-state index < -0.39 is 0 Å².